The van der Waals surface area contributed by atoms with Crippen LogP contribution in [-0.4, -0.2) is 41.3 Å². The minimum atomic E-state index is 0. The van der Waals surface area contributed by atoms with E-state index in [9.17, 15) is 0 Å². The van der Waals surface area contributed by atoms with Crippen LogP contribution in [0.4, 0.5) is 0 Å². The van der Waals surface area contributed by atoms with Crippen LogP contribution in [0.25, 0.3) is 11.6 Å². The Morgan fingerprint density at radius 3 is 2.21 bits per heavy atom. The lowest BCUT2D eigenvalue weighted by molar-refractivity contribution is 0.577. The summed E-state index contributed by atoms with van der Waals surface area (Å²) in [6, 6.07) is 24.9. The molecule has 33 heavy (non-hydrogen) atoms. The zero-order chi connectivity index (χ0) is 22.0. The first-order valence-corrected chi connectivity index (χ1v) is 10.8. The topological polar surface area (TPSA) is 91.1 Å². The minimum Gasteiger partial charge on any atom is -0.461 e. The Morgan fingerprint density at radius 2 is 1.61 bits per heavy atom. The highest BCUT2D eigenvalue weighted by atomic mass is 127. The average molecular weight is 556 g/mol. The smallest absolute Gasteiger partial charge is 0.216 e. The number of halogens is 1. The van der Waals surface area contributed by atoms with Crippen molar-refractivity contribution in [3.63, 3.8) is 0 Å². The maximum atomic E-state index is 5.33. The van der Waals surface area contributed by atoms with Crippen LogP contribution in [-0.2, 0) is 6.42 Å². The fourth-order valence-electron chi connectivity index (χ4n) is 3.67. The Kier molecular flexibility index (Phi) is 9.49. The van der Waals surface area contributed by atoms with E-state index >= 15 is 0 Å². The highest BCUT2D eigenvalue weighted by Gasteiger charge is 2.14. The van der Waals surface area contributed by atoms with Crippen LogP contribution in [0.2, 0.25) is 0 Å². The van der Waals surface area contributed by atoms with Crippen LogP contribution in [0, 0.1) is 0 Å². The lowest BCUT2D eigenvalue weighted by Gasteiger charge is -2.19. The Hall–Kier alpha value is -3.14. The molecule has 0 radical (unpaired) electrons. The number of hydrogen-bond donors (Lipinski definition) is 3. The third-order valence-electron chi connectivity index (χ3n) is 5.28. The maximum Gasteiger partial charge on any atom is 0.216 e. The number of guanidine groups is 1. The first-order chi connectivity index (χ1) is 15.8. The van der Waals surface area contributed by atoms with Gasteiger partial charge in [0.1, 0.15) is 5.82 Å². The SMILES string of the molecule is CN=C(NCCc1nc(-c2ccco2)n[nH]1)NCCC(c1ccccc1)c1ccccc1.I. The van der Waals surface area contributed by atoms with Gasteiger partial charge in [-0.3, -0.25) is 10.1 Å². The molecule has 2 aromatic heterocycles. The number of rotatable bonds is 9. The molecule has 2 aromatic carbocycles. The van der Waals surface area contributed by atoms with E-state index in [0.29, 0.717) is 30.5 Å². The summed E-state index contributed by atoms with van der Waals surface area (Å²) >= 11 is 0. The number of hydrogen-bond acceptors (Lipinski definition) is 4. The first kappa shape index (κ1) is 24.5. The van der Waals surface area contributed by atoms with Crippen molar-refractivity contribution in [1.82, 2.24) is 25.8 Å². The zero-order valence-electron chi connectivity index (χ0n) is 18.6. The van der Waals surface area contributed by atoms with E-state index in [4.69, 9.17) is 4.42 Å². The predicted molar refractivity (Wildman–Crippen MR) is 142 cm³/mol. The maximum absolute atomic E-state index is 5.33. The molecule has 7 nitrogen and oxygen atoms in total. The molecule has 0 bridgehead atoms. The summed E-state index contributed by atoms with van der Waals surface area (Å²) in [5, 5.41) is 13.9. The van der Waals surface area contributed by atoms with Crippen molar-refractivity contribution >= 4 is 29.9 Å². The van der Waals surface area contributed by atoms with Crippen LogP contribution in [0.5, 0.6) is 0 Å². The largest absolute Gasteiger partial charge is 0.461 e. The van der Waals surface area contributed by atoms with Crippen LogP contribution < -0.4 is 10.6 Å². The van der Waals surface area contributed by atoms with Crippen LogP contribution in [0.3, 0.4) is 0 Å². The molecule has 0 amide bonds. The van der Waals surface area contributed by atoms with E-state index in [2.05, 4.69) is 91.5 Å². The summed E-state index contributed by atoms with van der Waals surface area (Å²) < 4.78 is 5.33. The number of nitrogens with one attached hydrogen (secondary N) is 3. The number of aromatic amines is 1. The van der Waals surface area contributed by atoms with Crippen molar-refractivity contribution in [3.8, 4) is 11.6 Å². The number of benzene rings is 2. The van der Waals surface area contributed by atoms with E-state index < -0.39 is 0 Å². The van der Waals surface area contributed by atoms with Crippen molar-refractivity contribution in [1.29, 1.82) is 0 Å². The fourth-order valence-corrected chi connectivity index (χ4v) is 3.67. The molecule has 4 rings (SSSR count). The van der Waals surface area contributed by atoms with Gasteiger partial charge in [0, 0.05) is 32.5 Å². The van der Waals surface area contributed by atoms with Gasteiger partial charge in [0.2, 0.25) is 5.82 Å². The summed E-state index contributed by atoms with van der Waals surface area (Å²) in [5.41, 5.74) is 2.64. The molecule has 0 saturated heterocycles. The normalized spacial score (nSPS) is 11.3. The molecule has 0 aliphatic rings. The molecule has 0 spiro atoms. The standard InChI is InChI=1S/C25H28N6O.HI/c1-26-25(28-17-15-23-29-24(31-30-23)22-13-8-18-32-22)27-16-14-21(19-9-4-2-5-10-19)20-11-6-3-7-12-20;/h2-13,18,21H,14-17H2,1H3,(H2,26,27,28)(H,29,30,31);1H. The van der Waals surface area contributed by atoms with Crippen LogP contribution >= 0.6 is 24.0 Å². The Labute approximate surface area is 211 Å². The molecule has 2 heterocycles. The lowest BCUT2D eigenvalue weighted by atomic mass is 9.88. The molecule has 4 aromatic rings. The second-order valence-corrected chi connectivity index (χ2v) is 7.42. The minimum absolute atomic E-state index is 0. The fraction of sp³-hybridized carbons (Fsp3) is 0.240. The Balaban J connectivity index is 0.00000306. The van der Waals surface area contributed by atoms with Gasteiger partial charge in [-0.05, 0) is 29.7 Å². The summed E-state index contributed by atoms with van der Waals surface area (Å²) in [4.78, 5) is 8.81. The van der Waals surface area contributed by atoms with E-state index in [-0.39, 0.29) is 24.0 Å². The van der Waals surface area contributed by atoms with Gasteiger partial charge in [-0.2, -0.15) is 5.10 Å². The monoisotopic (exact) mass is 556 g/mol. The number of aromatic nitrogens is 3. The summed E-state index contributed by atoms with van der Waals surface area (Å²) in [6.07, 6.45) is 3.27. The van der Waals surface area contributed by atoms with Crippen LogP contribution in [0.15, 0.2) is 88.5 Å². The number of H-pyrrole nitrogens is 1. The van der Waals surface area contributed by atoms with Gasteiger partial charge < -0.3 is 15.1 Å². The molecular weight excluding hydrogens is 527 g/mol. The molecule has 3 N–H and O–H groups in total. The van der Waals surface area contributed by atoms with E-state index in [1.165, 1.54) is 11.1 Å². The molecule has 172 valence electrons. The number of nitrogens with zero attached hydrogens (tertiary/aromatic N) is 3. The van der Waals surface area contributed by atoms with Gasteiger partial charge in [0.25, 0.3) is 0 Å². The molecule has 0 atom stereocenters. The van der Waals surface area contributed by atoms with Crippen molar-refractivity contribution in [2.24, 2.45) is 4.99 Å². The van der Waals surface area contributed by atoms with Crippen molar-refractivity contribution < 1.29 is 4.42 Å². The second-order valence-electron chi connectivity index (χ2n) is 7.42. The molecular formula is C25H29IN6O. The van der Waals surface area contributed by atoms with E-state index in [1.807, 2.05) is 12.1 Å². The van der Waals surface area contributed by atoms with Gasteiger partial charge >= 0.3 is 0 Å². The zero-order valence-corrected chi connectivity index (χ0v) is 20.9. The summed E-state index contributed by atoms with van der Waals surface area (Å²) in [7, 11) is 1.78. The molecule has 0 fully saturated rings. The summed E-state index contributed by atoms with van der Waals surface area (Å²) in [6.45, 7) is 1.49. The van der Waals surface area contributed by atoms with Gasteiger partial charge in [-0.15, -0.1) is 24.0 Å². The van der Waals surface area contributed by atoms with Crippen molar-refractivity contribution in [2.45, 2.75) is 18.8 Å². The highest BCUT2D eigenvalue weighted by molar-refractivity contribution is 14.0. The quantitative estimate of drug-likeness (QED) is 0.159. The van der Waals surface area contributed by atoms with Gasteiger partial charge in [0.05, 0.1) is 6.26 Å². The van der Waals surface area contributed by atoms with E-state index in [0.717, 1.165) is 24.7 Å². The third kappa shape index (κ3) is 6.92. The molecule has 0 aliphatic carbocycles. The molecule has 8 heteroatoms. The Morgan fingerprint density at radius 1 is 0.939 bits per heavy atom. The lowest BCUT2D eigenvalue weighted by Crippen LogP contribution is -2.39. The van der Waals surface area contributed by atoms with Crippen molar-refractivity contribution in [2.75, 3.05) is 20.1 Å². The van der Waals surface area contributed by atoms with Gasteiger partial charge in [0.15, 0.2) is 11.7 Å². The molecule has 0 unspecified atom stereocenters. The first-order valence-electron chi connectivity index (χ1n) is 10.8. The number of furan rings is 1. The van der Waals surface area contributed by atoms with Gasteiger partial charge in [-0.1, -0.05) is 60.7 Å². The third-order valence-corrected chi connectivity index (χ3v) is 5.28. The second kappa shape index (κ2) is 12.8. The predicted octanol–water partition coefficient (Wildman–Crippen LogP) is 4.61. The van der Waals surface area contributed by atoms with Gasteiger partial charge in [-0.25, -0.2) is 4.98 Å². The van der Waals surface area contributed by atoms with E-state index in [1.54, 1.807) is 13.3 Å². The summed E-state index contributed by atoms with van der Waals surface area (Å²) in [5.74, 6) is 3.13. The van der Waals surface area contributed by atoms with Crippen LogP contribution in [0.1, 0.15) is 29.3 Å². The highest BCUT2D eigenvalue weighted by Crippen LogP contribution is 2.27. The Bertz CT molecular complexity index is 1060. The number of aliphatic imine (C=N–C) groups is 1. The molecule has 0 aliphatic heterocycles. The average Bonchev–Trinajstić information content (AvgIpc) is 3.54. The molecule has 0 saturated carbocycles. The van der Waals surface area contributed by atoms with Crippen molar-refractivity contribution in [3.05, 3.63) is 96.0 Å².